The number of rotatable bonds is 10. The van der Waals surface area contributed by atoms with Crippen molar-refractivity contribution in [2.24, 2.45) is 5.92 Å². The maximum absolute atomic E-state index is 13.2. The Bertz CT molecular complexity index is 1380. The van der Waals surface area contributed by atoms with E-state index in [-0.39, 0.29) is 28.3 Å². The van der Waals surface area contributed by atoms with E-state index in [1.54, 1.807) is 20.8 Å². The summed E-state index contributed by atoms with van der Waals surface area (Å²) in [6.45, 7) is 27.9. The number of carboxylic acid groups (broad SMARTS) is 1. The number of aliphatic carboxylic acids is 1. The standard InChI is InChI=1S/C38H61NO6Si2/c1-35(2,3)43-34(42)39-38(33(40)41,26-27-17-15-14-16-18-27)29-21-19-28(20-22-29)31-24-23-30(44-46(10,11)36(4,5)6)25-32(31)45-47(12,13)37(7,8)9/h14-18,23-25,28-29H,19-22,26H2,1-13H3,(H,39,42)(H,40,41)/t28-,29-,38-/m1/s1. The van der Waals surface area contributed by atoms with Crippen molar-refractivity contribution in [3.8, 4) is 11.5 Å². The molecule has 2 aromatic rings. The summed E-state index contributed by atoms with van der Waals surface area (Å²) in [5.41, 5.74) is -0.245. The number of hydrogen-bond donors (Lipinski definition) is 2. The van der Waals surface area contributed by atoms with Crippen LogP contribution in [0, 0.1) is 5.92 Å². The van der Waals surface area contributed by atoms with Crippen molar-refractivity contribution in [2.75, 3.05) is 0 Å². The lowest BCUT2D eigenvalue weighted by Gasteiger charge is -2.42. The number of benzene rings is 2. The molecule has 0 heterocycles. The first kappa shape index (κ1) is 38.7. The van der Waals surface area contributed by atoms with Gasteiger partial charge in [-0.3, -0.25) is 0 Å². The first-order chi connectivity index (χ1) is 21.4. The van der Waals surface area contributed by atoms with Crippen LogP contribution >= 0.6 is 0 Å². The zero-order valence-electron chi connectivity index (χ0n) is 31.3. The number of carbonyl (C=O) groups is 2. The SMILES string of the molecule is CC(C)(C)OC(=O)N[C@@](Cc1ccccc1)(C(=O)O)[C@H]1CC[C@H](c2ccc(O[Si](C)(C)C(C)(C)C)cc2O[Si](C)(C)C(C)(C)C)CC1. The molecule has 1 fully saturated rings. The van der Waals surface area contributed by atoms with E-state index in [0.717, 1.165) is 35.5 Å². The van der Waals surface area contributed by atoms with Crippen molar-refractivity contribution < 1.29 is 28.3 Å². The van der Waals surface area contributed by atoms with Gasteiger partial charge < -0.3 is 24.0 Å². The van der Waals surface area contributed by atoms with E-state index >= 15 is 0 Å². The van der Waals surface area contributed by atoms with E-state index in [2.05, 4.69) is 91.2 Å². The maximum atomic E-state index is 13.2. The predicted octanol–water partition coefficient (Wildman–Crippen LogP) is 10.3. The molecule has 2 N–H and O–H groups in total. The van der Waals surface area contributed by atoms with Crippen LogP contribution in [-0.2, 0) is 16.0 Å². The Morgan fingerprint density at radius 2 is 1.32 bits per heavy atom. The molecular formula is C38H61NO6Si2. The number of carboxylic acids is 1. The minimum Gasteiger partial charge on any atom is -0.543 e. The zero-order valence-corrected chi connectivity index (χ0v) is 33.3. The van der Waals surface area contributed by atoms with Crippen molar-refractivity contribution in [1.82, 2.24) is 5.32 Å². The van der Waals surface area contributed by atoms with Crippen molar-refractivity contribution in [3.63, 3.8) is 0 Å². The van der Waals surface area contributed by atoms with E-state index < -0.39 is 39.8 Å². The lowest BCUT2D eigenvalue weighted by Crippen LogP contribution is -2.62. The smallest absolute Gasteiger partial charge is 0.408 e. The van der Waals surface area contributed by atoms with Crippen LogP contribution in [0.3, 0.4) is 0 Å². The van der Waals surface area contributed by atoms with Gasteiger partial charge in [-0.1, -0.05) is 77.9 Å². The van der Waals surface area contributed by atoms with Gasteiger partial charge in [0.15, 0.2) is 0 Å². The first-order valence-electron chi connectivity index (χ1n) is 17.2. The summed E-state index contributed by atoms with van der Waals surface area (Å²) >= 11 is 0. The van der Waals surface area contributed by atoms with Gasteiger partial charge in [-0.2, -0.15) is 0 Å². The van der Waals surface area contributed by atoms with Crippen LogP contribution in [0.5, 0.6) is 11.5 Å². The van der Waals surface area contributed by atoms with Crippen LogP contribution in [0.25, 0.3) is 0 Å². The molecule has 0 aromatic heterocycles. The van der Waals surface area contributed by atoms with Gasteiger partial charge in [-0.05, 0) is 112 Å². The van der Waals surface area contributed by atoms with Crippen LogP contribution < -0.4 is 14.2 Å². The summed E-state index contributed by atoms with van der Waals surface area (Å²) in [4.78, 5) is 26.3. The average molecular weight is 684 g/mol. The monoisotopic (exact) mass is 683 g/mol. The predicted molar refractivity (Wildman–Crippen MR) is 197 cm³/mol. The second-order valence-corrected chi connectivity index (χ2v) is 27.0. The lowest BCUT2D eigenvalue weighted by atomic mass is 9.68. The molecule has 9 heteroatoms. The average Bonchev–Trinajstić information content (AvgIpc) is 2.91. The van der Waals surface area contributed by atoms with Crippen LogP contribution in [0.15, 0.2) is 48.5 Å². The van der Waals surface area contributed by atoms with E-state index in [1.807, 2.05) is 30.3 Å². The maximum Gasteiger partial charge on any atom is 0.408 e. The van der Waals surface area contributed by atoms with Crippen molar-refractivity contribution in [1.29, 1.82) is 0 Å². The number of amides is 1. The van der Waals surface area contributed by atoms with Crippen LogP contribution in [0.2, 0.25) is 36.3 Å². The molecule has 1 saturated carbocycles. The molecule has 3 rings (SSSR count). The Kier molecular flexibility index (Phi) is 11.5. The van der Waals surface area contributed by atoms with Crippen LogP contribution in [0.4, 0.5) is 4.79 Å². The molecule has 0 radical (unpaired) electrons. The summed E-state index contributed by atoms with van der Waals surface area (Å²) in [5, 5.41) is 13.7. The van der Waals surface area contributed by atoms with E-state index in [1.165, 1.54) is 0 Å². The number of alkyl carbamates (subject to hydrolysis) is 1. The largest absolute Gasteiger partial charge is 0.543 e. The lowest BCUT2D eigenvalue weighted by molar-refractivity contribution is -0.148. The van der Waals surface area contributed by atoms with Crippen molar-refractivity contribution >= 4 is 28.7 Å². The second-order valence-electron chi connectivity index (χ2n) is 17.5. The summed E-state index contributed by atoms with van der Waals surface area (Å²) in [6, 6.07) is 15.9. The quantitative estimate of drug-likeness (QED) is 0.242. The van der Waals surface area contributed by atoms with Gasteiger partial charge in [-0.25, -0.2) is 9.59 Å². The molecule has 1 amide bonds. The van der Waals surface area contributed by atoms with Crippen molar-refractivity contribution in [2.45, 2.75) is 148 Å². The molecule has 47 heavy (non-hydrogen) atoms. The fourth-order valence-corrected chi connectivity index (χ4v) is 7.83. The summed E-state index contributed by atoms with van der Waals surface area (Å²) < 4.78 is 19.3. The number of hydrogen-bond acceptors (Lipinski definition) is 5. The number of nitrogens with one attached hydrogen (secondary N) is 1. The molecule has 262 valence electrons. The number of carbonyl (C=O) groups excluding carboxylic acids is 1. The van der Waals surface area contributed by atoms with E-state index in [0.29, 0.717) is 12.8 Å². The highest BCUT2D eigenvalue weighted by atomic mass is 28.4. The van der Waals surface area contributed by atoms with Gasteiger partial charge in [-0.15, -0.1) is 0 Å². The minimum atomic E-state index is -2.18. The Labute approximate surface area is 286 Å². The van der Waals surface area contributed by atoms with Gasteiger partial charge in [0.25, 0.3) is 0 Å². The molecule has 2 aromatic carbocycles. The third-order valence-corrected chi connectivity index (χ3v) is 19.3. The molecule has 7 nitrogen and oxygen atoms in total. The van der Waals surface area contributed by atoms with Gasteiger partial charge in [0.05, 0.1) is 0 Å². The summed E-state index contributed by atoms with van der Waals surface area (Å²) in [7, 11) is -4.25. The summed E-state index contributed by atoms with van der Waals surface area (Å²) in [6.07, 6.45) is 2.31. The van der Waals surface area contributed by atoms with Crippen molar-refractivity contribution in [3.05, 3.63) is 59.7 Å². The molecule has 0 unspecified atom stereocenters. The Morgan fingerprint density at radius 1 is 0.787 bits per heavy atom. The van der Waals surface area contributed by atoms with Gasteiger partial charge in [0, 0.05) is 12.5 Å². The normalized spacial score (nSPS) is 19.3. The highest BCUT2D eigenvalue weighted by Crippen LogP contribution is 2.47. The third-order valence-electron chi connectivity index (χ3n) is 10.6. The molecule has 1 atom stereocenters. The first-order valence-corrected chi connectivity index (χ1v) is 23.0. The minimum absolute atomic E-state index is 0.0179. The van der Waals surface area contributed by atoms with Crippen LogP contribution in [0.1, 0.15) is 105 Å². The fourth-order valence-electron chi connectivity index (χ4n) is 5.77. The molecule has 1 aliphatic rings. The van der Waals surface area contributed by atoms with Gasteiger partial charge in [0.1, 0.15) is 22.6 Å². The number of ether oxygens (including phenoxy) is 1. The molecule has 0 saturated heterocycles. The second kappa shape index (κ2) is 14.0. The fraction of sp³-hybridized carbons (Fsp3) is 0.632. The van der Waals surface area contributed by atoms with Gasteiger partial charge >= 0.3 is 12.1 Å². The molecular weight excluding hydrogens is 623 g/mol. The van der Waals surface area contributed by atoms with E-state index in [4.69, 9.17) is 13.6 Å². The van der Waals surface area contributed by atoms with Crippen LogP contribution in [-0.4, -0.2) is 44.9 Å². The van der Waals surface area contributed by atoms with Gasteiger partial charge in [0.2, 0.25) is 16.6 Å². The molecule has 0 bridgehead atoms. The molecule has 0 spiro atoms. The molecule has 0 aliphatic heterocycles. The highest BCUT2D eigenvalue weighted by molar-refractivity contribution is 6.75. The Hall–Kier alpha value is -2.79. The van der Waals surface area contributed by atoms with E-state index in [9.17, 15) is 14.7 Å². The highest BCUT2D eigenvalue weighted by Gasteiger charge is 2.49. The summed E-state index contributed by atoms with van der Waals surface area (Å²) in [5.74, 6) is 0.603. The zero-order chi connectivity index (χ0) is 35.6. The Balaban J connectivity index is 1.97. The molecule has 1 aliphatic carbocycles. The Morgan fingerprint density at radius 3 is 1.81 bits per heavy atom. The third kappa shape index (κ3) is 9.65. The topological polar surface area (TPSA) is 94.1 Å².